The summed E-state index contributed by atoms with van der Waals surface area (Å²) in [6, 6.07) is 9.72. The number of alkyl halides is 3. The molecule has 2 aromatic rings. The van der Waals surface area contributed by atoms with Crippen LogP contribution in [0.2, 0.25) is 0 Å². The van der Waals surface area contributed by atoms with E-state index in [0.717, 1.165) is 17.7 Å². The van der Waals surface area contributed by atoms with Crippen molar-refractivity contribution >= 4 is 29.6 Å². The maximum absolute atomic E-state index is 14.6. The van der Waals surface area contributed by atoms with Gasteiger partial charge in [-0.2, -0.15) is 13.2 Å². The molecule has 1 saturated heterocycles. The number of fused-ring (bicyclic) bond motifs is 1. The minimum atomic E-state index is -4.94. The molecule has 0 aliphatic carbocycles. The van der Waals surface area contributed by atoms with Crippen LogP contribution in [0.4, 0.5) is 23.7 Å². The number of hydrogen-bond donors (Lipinski definition) is 1. The van der Waals surface area contributed by atoms with Gasteiger partial charge in [0.15, 0.2) is 5.60 Å². The van der Waals surface area contributed by atoms with E-state index < -0.39 is 64.3 Å². The van der Waals surface area contributed by atoms with Crippen LogP contribution in [0, 0.1) is 5.41 Å². The van der Waals surface area contributed by atoms with Crippen molar-refractivity contribution in [2.45, 2.75) is 91.8 Å². The molecule has 2 aromatic carbocycles. The normalized spacial score (nSPS) is 18.0. The van der Waals surface area contributed by atoms with Gasteiger partial charge < -0.3 is 29.4 Å². The van der Waals surface area contributed by atoms with E-state index in [1.165, 1.54) is 28.7 Å². The van der Waals surface area contributed by atoms with Gasteiger partial charge in [0.05, 0.1) is 28.8 Å². The number of hydrogen-bond acceptors (Lipinski definition) is 8. The number of amides is 3. The molecule has 4 rings (SSSR count). The van der Waals surface area contributed by atoms with Crippen molar-refractivity contribution in [3.63, 3.8) is 0 Å². The molecule has 1 fully saturated rings. The van der Waals surface area contributed by atoms with Crippen LogP contribution in [0.15, 0.2) is 42.5 Å². The lowest BCUT2D eigenvalue weighted by Gasteiger charge is -2.42. The quantitative estimate of drug-likeness (QED) is 0.343. The van der Waals surface area contributed by atoms with E-state index in [0.29, 0.717) is 19.4 Å². The number of ether oxygens (including phenoxy) is 2. The number of carbonyl (C=O) groups excluding carboxylic acids is 4. The summed E-state index contributed by atoms with van der Waals surface area (Å²) in [4.78, 5) is 60.8. The van der Waals surface area contributed by atoms with Crippen molar-refractivity contribution in [2.24, 2.45) is 5.41 Å². The van der Waals surface area contributed by atoms with E-state index in [-0.39, 0.29) is 37.7 Å². The molecule has 49 heavy (non-hydrogen) atoms. The molecule has 14 heteroatoms. The number of halogens is 3. The minimum absolute atomic E-state index is 0.0227. The lowest BCUT2D eigenvalue weighted by Crippen LogP contribution is -2.55. The molecule has 1 unspecified atom stereocenters. The molecule has 2 aliphatic heterocycles. The molecule has 11 nitrogen and oxygen atoms in total. The van der Waals surface area contributed by atoms with E-state index in [4.69, 9.17) is 14.3 Å². The number of nitrogens with one attached hydrogen (secondary N) is 1. The second-order valence-electron chi connectivity index (χ2n) is 14.0. The molecule has 0 saturated carbocycles. The summed E-state index contributed by atoms with van der Waals surface area (Å²) in [6.07, 6.45) is -4.66. The van der Waals surface area contributed by atoms with Crippen LogP contribution < -0.4 is 15.0 Å². The first-order valence-electron chi connectivity index (χ1n) is 16.3. The number of alkyl carbamates (subject to hydrolysis) is 1. The second-order valence-corrected chi connectivity index (χ2v) is 14.0. The third kappa shape index (κ3) is 9.02. The van der Waals surface area contributed by atoms with Gasteiger partial charge in [-0.05, 0) is 79.0 Å². The molecule has 0 spiro atoms. The predicted molar refractivity (Wildman–Crippen MR) is 175 cm³/mol. The first kappa shape index (κ1) is 37.5. The zero-order chi connectivity index (χ0) is 36.3. The lowest BCUT2D eigenvalue weighted by molar-refractivity contribution is -0.208. The SMILES string of the molecule is CC(C)N(C(=O)c1cc2c(cc1C(F)(F)F)OC(C)(C)C(=O)N2CCNC(=O)OCc1ccccc1)C1CCCN(OC(=O)C(C)(C)C)C1. The Kier molecular flexibility index (Phi) is 11.2. The van der Waals surface area contributed by atoms with Gasteiger partial charge in [0.2, 0.25) is 0 Å². The highest BCUT2D eigenvalue weighted by molar-refractivity contribution is 6.05. The van der Waals surface area contributed by atoms with Crippen LogP contribution in [-0.4, -0.2) is 77.7 Å². The maximum Gasteiger partial charge on any atom is 0.417 e. The fraction of sp³-hybridized carbons (Fsp3) is 0.543. The van der Waals surface area contributed by atoms with Gasteiger partial charge in [0.1, 0.15) is 12.4 Å². The number of rotatable bonds is 9. The number of anilines is 1. The average Bonchev–Trinajstić information content (AvgIpc) is 3.01. The van der Waals surface area contributed by atoms with Gasteiger partial charge >= 0.3 is 18.2 Å². The monoisotopic (exact) mass is 690 g/mol. The standard InChI is InChI=1S/C35H45F3N4O7/c1-22(2)42(24-14-11-16-40(20-24)49-31(45)33(3,4)5)29(43)25-18-27-28(19-26(25)35(36,37)38)48-34(6,7)30(44)41(27)17-15-39-32(46)47-21-23-12-9-8-10-13-23/h8-10,12-13,18-19,22,24H,11,14-17,20-21H2,1-7H3,(H,39,46). The van der Waals surface area contributed by atoms with Crippen molar-refractivity contribution < 1.29 is 46.7 Å². The minimum Gasteiger partial charge on any atom is -0.476 e. The first-order valence-corrected chi connectivity index (χ1v) is 16.3. The molecule has 1 atom stereocenters. The highest BCUT2D eigenvalue weighted by Gasteiger charge is 2.45. The van der Waals surface area contributed by atoms with Crippen molar-refractivity contribution in [3.05, 3.63) is 59.2 Å². The number of carbonyl (C=O) groups is 4. The third-order valence-electron chi connectivity index (χ3n) is 8.24. The second kappa shape index (κ2) is 14.7. The van der Waals surface area contributed by atoms with E-state index in [2.05, 4.69) is 5.32 Å². The van der Waals surface area contributed by atoms with Gasteiger partial charge in [-0.3, -0.25) is 9.59 Å². The maximum atomic E-state index is 14.6. The predicted octanol–water partition coefficient (Wildman–Crippen LogP) is 5.96. The number of hydroxylamine groups is 2. The fourth-order valence-electron chi connectivity index (χ4n) is 5.74. The van der Waals surface area contributed by atoms with E-state index >= 15 is 0 Å². The summed E-state index contributed by atoms with van der Waals surface area (Å²) >= 11 is 0. The van der Waals surface area contributed by atoms with E-state index in [1.54, 1.807) is 58.9 Å². The van der Waals surface area contributed by atoms with Crippen molar-refractivity contribution in [2.75, 3.05) is 31.1 Å². The molecule has 1 N–H and O–H groups in total. The Morgan fingerprint density at radius 3 is 2.39 bits per heavy atom. The molecule has 268 valence electrons. The van der Waals surface area contributed by atoms with Crippen molar-refractivity contribution in [3.8, 4) is 5.75 Å². The van der Waals surface area contributed by atoms with E-state index in [1.807, 2.05) is 6.07 Å². The smallest absolute Gasteiger partial charge is 0.417 e. The average molecular weight is 691 g/mol. The Morgan fingerprint density at radius 2 is 1.78 bits per heavy atom. The first-order chi connectivity index (χ1) is 22.8. The lowest BCUT2D eigenvalue weighted by atomic mass is 9.96. The van der Waals surface area contributed by atoms with Crippen LogP contribution >= 0.6 is 0 Å². The van der Waals surface area contributed by atoms with Crippen LogP contribution in [-0.2, 0) is 31.9 Å². The summed E-state index contributed by atoms with van der Waals surface area (Å²) in [5, 5.41) is 4.02. The molecule has 2 aliphatic rings. The van der Waals surface area contributed by atoms with Gasteiger partial charge in [-0.1, -0.05) is 30.3 Å². The Morgan fingerprint density at radius 1 is 1.10 bits per heavy atom. The van der Waals surface area contributed by atoms with Gasteiger partial charge in [0.25, 0.3) is 11.8 Å². The van der Waals surface area contributed by atoms with E-state index in [9.17, 15) is 32.3 Å². The highest BCUT2D eigenvalue weighted by atomic mass is 19.4. The largest absolute Gasteiger partial charge is 0.476 e. The number of piperidine rings is 1. The van der Waals surface area contributed by atoms with Gasteiger partial charge in [-0.15, -0.1) is 5.06 Å². The summed E-state index contributed by atoms with van der Waals surface area (Å²) < 4.78 is 54.9. The third-order valence-corrected chi connectivity index (χ3v) is 8.24. The van der Waals surface area contributed by atoms with Gasteiger partial charge in [0, 0.05) is 31.7 Å². The van der Waals surface area contributed by atoms with Crippen molar-refractivity contribution in [1.82, 2.24) is 15.3 Å². The zero-order valence-electron chi connectivity index (χ0n) is 29.0. The topological polar surface area (TPSA) is 118 Å². The zero-order valence-corrected chi connectivity index (χ0v) is 29.0. The Labute approximate surface area is 284 Å². The Bertz CT molecular complexity index is 1540. The molecular weight excluding hydrogens is 645 g/mol. The Balaban J connectivity index is 1.62. The number of nitrogens with zero attached hydrogens (tertiary/aromatic N) is 3. The van der Waals surface area contributed by atoms with Crippen LogP contribution in [0.25, 0.3) is 0 Å². The van der Waals surface area contributed by atoms with Crippen LogP contribution in [0.5, 0.6) is 5.75 Å². The highest BCUT2D eigenvalue weighted by Crippen LogP contribution is 2.44. The molecule has 0 radical (unpaired) electrons. The summed E-state index contributed by atoms with van der Waals surface area (Å²) in [5.41, 5.74) is -3.43. The van der Waals surface area contributed by atoms with Crippen LogP contribution in [0.1, 0.15) is 82.8 Å². The van der Waals surface area contributed by atoms with Gasteiger partial charge in [-0.25, -0.2) is 9.59 Å². The molecular formula is C35H45F3N4O7. The summed E-state index contributed by atoms with van der Waals surface area (Å²) in [5.74, 6) is -2.15. The molecule has 2 heterocycles. The molecule has 3 amide bonds. The molecule has 0 bridgehead atoms. The van der Waals surface area contributed by atoms with Crippen molar-refractivity contribution in [1.29, 1.82) is 0 Å². The fourth-order valence-corrected chi connectivity index (χ4v) is 5.74. The number of benzene rings is 2. The molecule has 0 aromatic heterocycles. The summed E-state index contributed by atoms with van der Waals surface area (Å²) in [7, 11) is 0. The van der Waals surface area contributed by atoms with Crippen LogP contribution in [0.3, 0.4) is 0 Å². The summed E-state index contributed by atoms with van der Waals surface area (Å²) in [6.45, 7) is 11.7. The Hall–Kier alpha value is -4.33.